The average Bonchev–Trinajstić information content (AvgIpc) is 2.45. The van der Waals surface area contributed by atoms with Crippen LogP contribution in [0.3, 0.4) is 0 Å². The van der Waals surface area contributed by atoms with E-state index in [-0.39, 0.29) is 17.2 Å². The summed E-state index contributed by atoms with van der Waals surface area (Å²) in [6.45, 7) is 2.67. The van der Waals surface area contributed by atoms with Crippen LogP contribution < -0.4 is 19.5 Å². The van der Waals surface area contributed by atoms with E-state index in [1.807, 2.05) is 0 Å². The van der Waals surface area contributed by atoms with Gasteiger partial charge in [0.25, 0.3) is 0 Å². The van der Waals surface area contributed by atoms with Gasteiger partial charge in [-0.25, -0.2) is 13.1 Å². The zero-order valence-corrected chi connectivity index (χ0v) is 13.2. The first kappa shape index (κ1) is 17.7. The molecule has 1 unspecified atom stereocenters. The van der Waals surface area contributed by atoms with Gasteiger partial charge in [0.1, 0.15) is 16.4 Å². The van der Waals surface area contributed by atoms with Crippen LogP contribution in [0.25, 0.3) is 0 Å². The van der Waals surface area contributed by atoms with E-state index in [4.69, 9.17) is 14.6 Å². The number of sulfonamides is 1. The molecule has 0 radical (unpaired) electrons. The molecule has 1 aromatic carbocycles. The lowest BCUT2D eigenvalue weighted by Gasteiger charge is -2.12. The molecule has 0 aliphatic rings. The number of hydrogen-bond acceptors (Lipinski definition) is 6. The molecule has 0 amide bonds. The van der Waals surface area contributed by atoms with Gasteiger partial charge in [-0.1, -0.05) is 0 Å². The maximum atomic E-state index is 12.3. The maximum Gasteiger partial charge on any atom is 0.244 e. The van der Waals surface area contributed by atoms with Crippen LogP contribution in [-0.2, 0) is 10.0 Å². The molecule has 0 aromatic heterocycles. The predicted octanol–water partition coefficient (Wildman–Crippen LogP) is -0.0475. The molecule has 0 aliphatic carbocycles. The van der Waals surface area contributed by atoms with Crippen molar-refractivity contribution >= 4 is 10.0 Å². The quantitative estimate of drug-likeness (QED) is 0.553. The number of rotatable bonds is 9. The van der Waals surface area contributed by atoms with E-state index >= 15 is 0 Å². The second-order valence-corrected chi connectivity index (χ2v) is 6.20. The Morgan fingerprint density at radius 3 is 2.52 bits per heavy atom. The van der Waals surface area contributed by atoms with Crippen molar-refractivity contribution in [2.45, 2.75) is 17.9 Å². The van der Waals surface area contributed by atoms with Gasteiger partial charge in [0.15, 0.2) is 0 Å². The summed E-state index contributed by atoms with van der Waals surface area (Å²) in [6.07, 6.45) is -0.472. The van der Waals surface area contributed by atoms with Gasteiger partial charge in [-0.15, -0.1) is 0 Å². The van der Waals surface area contributed by atoms with Crippen LogP contribution >= 0.6 is 0 Å². The lowest BCUT2D eigenvalue weighted by Crippen LogP contribution is -2.34. The van der Waals surface area contributed by atoms with Gasteiger partial charge in [0.2, 0.25) is 10.0 Å². The van der Waals surface area contributed by atoms with Gasteiger partial charge in [0.05, 0.1) is 20.3 Å². The minimum absolute atomic E-state index is 0.0277. The van der Waals surface area contributed by atoms with Crippen molar-refractivity contribution in [1.29, 1.82) is 0 Å². The summed E-state index contributed by atoms with van der Waals surface area (Å²) in [6, 6.07) is 4.57. The number of benzene rings is 1. The van der Waals surface area contributed by atoms with Gasteiger partial charge in [-0.05, 0) is 19.1 Å². The average molecular weight is 318 g/mol. The van der Waals surface area contributed by atoms with E-state index in [1.165, 1.54) is 20.3 Å². The van der Waals surface area contributed by atoms with Crippen LogP contribution in [0.1, 0.15) is 6.92 Å². The fraction of sp³-hybridized carbons (Fsp3) is 0.538. The van der Waals surface area contributed by atoms with Crippen molar-refractivity contribution in [3.8, 4) is 11.5 Å². The maximum absolute atomic E-state index is 12.3. The largest absolute Gasteiger partial charge is 0.497 e. The summed E-state index contributed by atoms with van der Waals surface area (Å²) in [5.41, 5.74) is 0. The molecular weight excluding hydrogens is 296 g/mol. The molecule has 0 fully saturated rings. The third kappa shape index (κ3) is 5.50. The third-order valence-corrected chi connectivity index (χ3v) is 4.18. The molecule has 0 saturated heterocycles. The number of hydrogen-bond donors (Lipinski definition) is 3. The van der Waals surface area contributed by atoms with E-state index in [1.54, 1.807) is 19.1 Å². The van der Waals surface area contributed by atoms with Crippen LogP contribution in [0.4, 0.5) is 0 Å². The monoisotopic (exact) mass is 318 g/mol. The van der Waals surface area contributed by atoms with Crippen LogP contribution in [0, 0.1) is 0 Å². The number of ether oxygens (including phenoxy) is 2. The summed E-state index contributed by atoms with van der Waals surface area (Å²) in [4.78, 5) is 0.0277. The minimum Gasteiger partial charge on any atom is -0.497 e. The first-order valence-corrected chi connectivity index (χ1v) is 7.99. The van der Waals surface area contributed by atoms with Crippen molar-refractivity contribution in [1.82, 2.24) is 10.0 Å². The SMILES string of the molecule is COc1ccc(OC)c(S(=O)(=O)NCCNCC(C)O)c1. The Morgan fingerprint density at radius 1 is 1.24 bits per heavy atom. The van der Waals surface area contributed by atoms with E-state index in [0.717, 1.165) is 0 Å². The Balaban J connectivity index is 2.73. The van der Waals surface area contributed by atoms with E-state index in [2.05, 4.69) is 10.0 Å². The number of aliphatic hydroxyl groups excluding tert-OH is 1. The first-order valence-electron chi connectivity index (χ1n) is 6.51. The zero-order valence-electron chi connectivity index (χ0n) is 12.4. The lowest BCUT2D eigenvalue weighted by molar-refractivity contribution is 0.192. The Bertz CT molecular complexity index is 545. The Labute approximate surface area is 125 Å². The third-order valence-electron chi connectivity index (χ3n) is 2.69. The van der Waals surface area contributed by atoms with Crippen molar-refractivity contribution in [2.75, 3.05) is 33.9 Å². The second kappa shape index (κ2) is 8.18. The highest BCUT2D eigenvalue weighted by atomic mass is 32.2. The van der Waals surface area contributed by atoms with Crippen LogP contribution in [0.5, 0.6) is 11.5 Å². The molecular formula is C13H22N2O5S. The second-order valence-electron chi connectivity index (χ2n) is 4.47. The minimum atomic E-state index is -3.69. The highest BCUT2D eigenvalue weighted by Gasteiger charge is 2.19. The molecule has 0 heterocycles. The van der Waals surface area contributed by atoms with Crippen molar-refractivity contribution in [2.24, 2.45) is 0 Å². The first-order chi connectivity index (χ1) is 9.90. The highest BCUT2D eigenvalue weighted by Crippen LogP contribution is 2.27. The van der Waals surface area contributed by atoms with Gasteiger partial charge in [0, 0.05) is 25.7 Å². The Morgan fingerprint density at radius 2 is 1.95 bits per heavy atom. The predicted molar refractivity (Wildman–Crippen MR) is 79.3 cm³/mol. The van der Waals surface area contributed by atoms with Crippen LogP contribution in [-0.4, -0.2) is 53.5 Å². The highest BCUT2D eigenvalue weighted by molar-refractivity contribution is 7.89. The van der Waals surface area contributed by atoms with Gasteiger partial charge in [-0.2, -0.15) is 0 Å². The van der Waals surface area contributed by atoms with Crippen LogP contribution in [0.2, 0.25) is 0 Å². The summed E-state index contributed by atoms with van der Waals surface area (Å²) in [5, 5.41) is 12.0. The fourth-order valence-electron chi connectivity index (χ4n) is 1.66. The summed E-state index contributed by atoms with van der Waals surface area (Å²) in [5.74, 6) is 0.684. The number of aliphatic hydroxyl groups is 1. The molecule has 0 saturated carbocycles. The van der Waals surface area contributed by atoms with E-state index in [9.17, 15) is 8.42 Å². The van der Waals surface area contributed by atoms with Gasteiger partial charge in [-0.3, -0.25) is 0 Å². The molecule has 8 heteroatoms. The number of nitrogens with one attached hydrogen (secondary N) is 2. The standard InChI is InChI=1S/C13H22N2O5S/c1-10(16)9-14-6-7-15-21(17,18)13-8-11(19-2)4-5-12(13)20-3/h4-5,8,10,14-16H,6-7,9H2,1-3H3. The molecule has 21 heavy (non-hydrogen) atoms. The Hall–Kier alpha value is -1.35. The molecule has 1 rings (SSSR count). The van der Waals surface area contributed by atoms with Crippen molar-refractivity contribution in [3.05, 3.63) is 18.2 Å². The topological polar surface area (TPSA) is 96.9 Å². The zero-order chi connectivity index (χ0) is 15.9. The smallest absolute Gasteiger partial charge is 0.244 e. The van der Waals surface area contributed by atoms with Crippen molar-refractivity contribution in [3.63, 3.8) is 0 Å². The van der Waals surface area contributed by atoms with Crippen LogP contribution in [0.15, 0.2) is 23.1 Å². The summed E-state index contributed by atoms with van der Waals surface area (Å²) in [7, 11) is -0.822. The molecule has 120 valence electrons. The van der Waals surface area contributed by atoms with E-state index < -0.39 is 16.1 Å². The van der Waals surface area contributed by atoms with Gasteiger partial charge < -0.3 is 19.9 Å². The molecule has 0 aliphatic heterocycles. The van der Waals surface area contributed by atoms with E-state index in [0.29, 0.717) is 18.8 Å². The molecule has 3 N–H and O–H groups in total. The molecule has 1 aromatic rings. The molecule has 7 nitrogen and oxygen atoms in total. The number of methoxy groups -OCH3 is 2. The van der Waals surface area contributed by atoms with Gasteiger partial charge >= 0.3 is 0 Å². The lowest BCUT2D eigenvalue weighted by atomic mass is 10.3. The summed E-state index contributed by atoms with van der Waals surface area (Å²) >= 11 is 0. The van der Waals surface area contributed by atoms with Crippen molar-refractivity contribution < 1.29 is 23.0 Å². The molecule has 1 atom stereocenters. The fourth-order valence-corrected chi connectivity index (χ4v) is 2.87. The molecule has 0 bridgehead atoms. The Kier molecular flexibility index (Phi) is 6.90. The normalized spacial score (nSPS) is 13.0. The summed E-state index contributed by atoms with van der Waals surface area (Å²) < 4.78 is 37.1. The molecule has 0 spiro atoms.